The van der Waals surface area contributed by atoms with Crippen molar-refractivity contribution in [2.75, 3.05) is 12.3 Å². The van der Waals surface area contributed by atoms with Crippen LogP contribution in [0.1, 0.15) is 6.92 Å². The fraction of sp³-hybridized carbons (Fsp3) is 0.500. The molecule has 0 rings (SSSR count). The average Bonchev–Trinajstić information content (AvgIpc) is 2.40. The summed E-state index contributed by atoms with van der Waals surface area (Å²) < 4.78 is 0. The van der Waals surface area contributed by atoms with Crippen molar-refractivity contribution in [1.29, 1.82) is 0 Å². The van der Waals surface area contributed by atoms with Gasteiger partial charge in [0.05, 0.1) is 0 Å². The van der Waals surface area contributed by atoms with Crippen LogP contribution in [0.2, 0.25) is 0 Å². The van der Waals surface area contributed by atoms with Crippen LogP contribution in [0.3, 0.4) is 0 Å². The van der Waals surface area contributed by atoms with E-state index in [1.54, 1.807) is 0 Å². The maximum atomic E-state index is 11.5. The van der Waals surface area contributed by atoms with Crippen molar-refractivity contribution < 1.29 is 29.4 Å². The van der Waals surface area contributed by atoms with Crippen LogP contribution in [-0.4, -0.2) is 64.2 Å². The van der Waals surface area contributed by atoms with E-state index in [9.17, 15) is 19.2 Å². The van der Waals surface area contributed by atoms with Gasteiger partial charge in [0, 0.05) is 11.5 Å². The predicted molar refractivity (Wildman–Crippen MR) is 75.5 cm³/mol. The Bertz CT molecular complexity index is 466. The summed E-state index contributed by atoms with van der Waals surface area (Å²) in [5.74, 6) is -3.45. The van der Waals surface area contributed by atoms with Crippen LogP contribution in [0.25, 0.3) is 0 Å². The number of aliphatic carboxylic acids is 2. The number of thiol groups is 1. The van der Waals surface area contributed by atoms with Crippen LogP contribution < -0.4 is 16.4 Å². The third-order valence-electron chi connectivity index (χ3n) is 2.20. The number of carbonyl (C=O) groups excluding carboxylic acids is 2. The van der Waals surface area contributed by atoms with E-state index in [1.807, 2.05) is 0 Å². The Hall–Kier alpha value is -2.14. The van der Waals surface area contributed by atoms with Crippen molar-refractivity contribution >= 4 is 42.2 Å². The molecule has 0 aromatic carbocycles. The Morgan fingerprint density at radius 1 is 1.29 bits per heavy atom. The van der Waals surface area contributed by atoms with Gasteiger partial charge in [-0.15, -0.1) is 0 Å². The second-order valence-electron chi connectivity index (χ2n) is 3.87. The SMILES string of the molecule is CC(=NC(=O)NC(CS)C(=O)NCC(=O)O)C(N)C(=O)O. The Labute approximate surface area is 125 Å². The quantitative estimate of drug-likeness (QED) is 0.234. The van der Waals surface area contributed by atoms with Gasteiger partial charge in [-0.25, -0.2) is 9.79 Å². The van der Waals surface area contributed by atoms with Crippen molar-refractivity contribution in [3.05, 3.63) is 0 Å². The molecule has 0 aromatic rings. The zero-order chi connectivity index (χ0) is 16.6. The number of carboxylic acids is 2. The second-order valence-corrected chi connectivity index (χ2v) is 4.23. The molecule has 10 nitrogen and oxygen atoms in total. The van der Waals surface area contributed by atoms with Crippen molar-refractivity contribution in [2.24, 2.45) is 10.7 Å². The lowest BCUT2D eigenvalue weighted by atomic mass is 10.2. The highest BCUT2D eigenvalue weighted by Gasteiger charge is 2.21. The van der Waals surface area contributed by atoms with Gasteiger partial charge in [0.2, 0.25) is 5.91 Å². The minimum absolute atomic E-state index is 0.100. The fourth-order valence-corrected chi connectivity index (χ4v) is 1.33. The van der Waals surface area contributed by atoms with Crippen LogP contribution in [0.4, 0.5) is 4.79 Å². The molecule has 0 aliphatic heterocycles. The molecule has 3 amide bonds. The van der Waals surface area contributed by atoms with Crippen molar-refractivity contribution in [1.82, 2.24) is 10.6 Å². The van der Waals surface area contributed by atoms with Crippen LogP contribution in [0.15, 0.2) is 4.99 Å². The minimum atomic E-state index is -1.44. The molecule has 2 unspecified atom stereocenters. The number of carboxylic acid groups (broad SMARTS) is 2. The molecule has 0 saturated carbocycles. The molecule has 0 spiro atoms. The van der Waals surface area contributed by atoms with E-state index < -0.39 is 42.5 Å². The summed E-state index contributed by atoms with van der Waals surface area (Å²) in [6.45, 7) is 0.643. The van der Waals surface area contributed by atoms with E-state index in [2.05, 4.69) is 28.3 Å². The van der Waals surface area contributed by atoms with E-state index in [-0.39, 0.29) is 11.5 Å². The standard InChI is InChI=1S/C10H16N4O6S/c1-4(7(11)9(18)19)13-10(20)14-5(3-21)8(17)12-2-6(15)16/h5,7,21H,2-3,11H2,1H3,(H,12,17)(H,14,20)(H,15,16)(H,18,19). The van der Waals surface area contributed by atoms with Crippen molar-refractivity contribution in [2.45, 2.75) is 19.0 Å². The second kappa shape index (κ2) is 8.92. The predicted octanol–water partition coefficient (Wildman–Crippen LogP) is -1.93. The maximum absolute atomic E-state index is 11.5. The monoisotopic (exact) mass is 320 g/mol. The molecule has 6 N–H and O–H groups in total. The normalized spacial score (nSPS) is 14.0. The number of nitrogens with one attached hydrogen (secondary N) is 2. The average molecular weight is 320 g/mol. The highest BCUT2D eigenvalue weighted by Crippen LogP contribution is 1.93. The van der Waals surface area contributed by atoms with Gasteiger partial charge < -0.3 is 26.6 Å². The number of hydrogen-bond donors (Lipinski definition) is 6. The Morgan fingerprint density at radius 3 is 2.29 bits per heavy atom. The van der Waals surface area contributed by atoms with Crippen molar-refractivity contribution in [3.8, 4) is 0 Å². The molecule has 11 heteroatoms. The first kappa shape index (κ1) is 18.9. The van der Waals surface area contributed by atoms with Gasteiger partial charge in [-0.2, -0.15) is 12.6 Å². The number of aliphatic imine (C=N–C) groups is 1. The van der Waals surface area contributed by atoms with E-state index in [0.29, 0.717) is 0 Å². The number of hydrogen-bond acceptors (Lipinski definition) is 6. The van der Waals surface area contributed by atoms with E-state index in [1.165, 1.54) is 6.92 Å². The summed E-state index contributed by atoms with van der Waals surface area (Å²) >= 11 is 3.85. The van der Waals surface area contributed by atoms with Gasteiger partial charge in [-0.1, -0.05) is 0 Å². The lowest BCUT2D eigenvalue weighted by molar-refractivity contribution is -0.138. The van der Waals surface area contributed by atoms with Gasteiger partial charge in [0.1, 0.15) is 18.6 Å². The van der Waals surface area contributed by atoms with Crippen LogP contribution in [0, 0.1) is 0 Å². The molecular formula is C10H16N4O6S. The summed E-state index contributed by atoms with van der Waals surface area (Å²) in [6.07, 6.45) is 0. The number of amides is 3. The van der Waals surface area contributed by atoms with Crippen LogP contribution in [0.5, 0.6) is 0 Å². The zero-order valence-corrected chi connectivity index (χ0v) is 12.0. The van der Waals surface area contributed by atoms with Gasteiger partial charge in [-0.3, -0.25) is 14.4 Å². The first-order valence-corrected chi connectivity index (χ1v) is 6.26. The third-order valence-corrected chi connectivity index (χ3v) is 2.57. The molecule has 0 bridgehead atoms. The van der Waals surface area contributed by atoms with Gasteiger partial charge in [-0.05, 0) is 6.92 Å². The lowest BCUT2D eigenvalue weighted by Crippen LogP contribution is -2.48. The van der Waals surface area contributed by atoms with E-state index in [0.717, 1.165) is 0 Å². The van der Waals surface area contributed by atoms with E-state index >= 15 is 0 Å². The smallest absolute Gasteiger partial charge is 0.341 e. The third kappa shape index (κ3) is 7.27. The number of carbonyl (C=O) groups is 4. The number of nitrogens with zero attached hydrogens (tertiary/aromatic N) is 1. The zero-order valence-electron chi connectivity index (χ0n) is 11.1. The molecule has 0 aromatic heterocycles. The molecule has 0 fully saturated rings. The molecule has 0 heterocycles. The highest BCUT2D eigenvalue weighted by atomic mass is 32.1. The van der Waals surface area contributed by atoms with E-state index in [4.69, 9.17) is 15.9 Å². The number of urea groups is 1. The minimum Gasteiger partial charge on any atom is -0.480 e. The first-order chi connectivity index (χ1) is 9.68. The molecule has 0 aliphatic rings. The number of nitrogens with two attached hydrogens (primary N) is 1. The molecular weight excluding hydrogens is 304 g/mol. The summed E-state index contributed by atoms with van der Waals surface area (Å²) in [5.41, 5.74) is 5.09. The summed E-state index contributed by atoms with van der Waals surface area (Å²) in [6, 6.07) is -3.53. The fourth-order valence-electron chi connectivity index (χ4n) is 1.07. The van der Waals surface area contributed by atoms with Crippen molar-refractivity contribution in [3.63, 3.8) is 0 Å². The van der Waals surface area contributed by atoms with Gasteiger partial charge in [0.25, 0.3) is 0 Å². The Kier molecular flexibility index (Phi) is 8.01. The molecule has 2 atom stereocenters. The lowest BCUT2D eigenvalue weighted by Gasteiger charge is -2.14. The first-order valence-electron chi connectivity index (χ1n) is 5.63. The van der Waals surface area contributed by atoms with Crippen LogP contribution >= 0.6 is 12.6 Å². The highest BCUT2D eigenvalue weighted by molar-refractivity contribution is 7.80. The Balaban J connectivity index is 4.65. The molecule has 0 saturated heterocycles. The number of rotatable bonds is 7. The maximum Gasteiger partial charge on any atom is 0.341 e. The molecule has 0 aliphatic carbocycles. The van der Waals surface area contributed by atoms with Gasteiger partial charge >= 0.3 is 18.0 Å². The summed E-state index contributed by atoms with van der Waals surface area (Å²) in [4.78, 5) is 47.3. The molecule has 0 radical (unpaired) electrons. The van der Waals surface area contributed by atoms with Crippen LogP contribution in [-0.2, 0) is 14.4 Å². The topological polar surface area (TPSA) is 171 Å². The molecule has 21 heavy (non-hydrogen) atoms. The summed E-state index contributed by atoms with van der Waals surface area (Å²) in [7, 11) is 0. The summed E-state index contributed by atoms with van der Waals surface area (Å²) in [5, 5.41) is 21.3. The Morgan fingerprint density at radius 2 is 1.86 bits per heavy atom. The van der Waals surface area contributed by atoms with Gasteiger partial charge in [0.15, 0.2) is 0 Å². The largest absolute Gasteiger partial charge is 0.480 e. The molecule has 118 valence electrons.